The molecule has 0 bridgehead atoms. The van der Waals surface area contributed by atoms with Crippen LogP contribution in [0.15, 0.2) is 40.4 Å². The van der Waals surface area contributed by atoms with Crippen molar-refractivity contribution in [3.8, 4) is 10.4 Å². The van der Waals surface area contributed by atoms with Crippen molar-refractivity contribution in [1.82, 2.24) is 0 Å². The van der Waals surface area contributed by atoms with Gasteiger partial charge in [0.15, 0.2) is 0 Å². The molecule has 0 amide bonds. The molecule has 0 spiro atoms. The summed E-state index contributed by atoms with van der Waals surface area (Å²) in [4.78, 5) is 2.94. The van der Waals surface area contributed by atoms with E-state index in [1.54, 1.807) is 0 Å². The van der Waals surface area contributed by atoms with Crippen molar-refractivity contribution in [1.29, 1.82) is 0 Å². The third-order valence-corrected chi connectivity index (χ3v) is 5.65. The molecule has 0 N–H and O–H groups in total. The van der Waals surface area contributed by atoms with E-state index in [4.69, 9.17) is 0 Å². The summed E-state index contributed by atoms with van der Waals surface area (Å²) in [6.07, 6.45) is 3.46. The first-order valence-corrected chi connectivity index (χ1v) is 7.57. The molecule has 0 saturated carbocycles. The fraction of sp³-hybridized carbons (Fsp3) is 0.167. The van der Waals surface area contributed by atoms with Crippen LogP contribution in [0.5, 0.6) is 0 Å². The fourth-order valence-electron chi connectivity index (χ4n) is 1.76. The lowest BCUT2D eigenvalue weighted by molar-refractivity contribution is 1.02. The van der Waals surface area contributed by atoms with Gasteiger partial charge < -0.3 is 0 Å². The summed E-state index contributed by atoms with van der Waals surface area (Å²) in [6, 6.07) is 6.59. The summed E-state index contributed by atoms with van der Waals surface area (Å²) in [5.41, 5.74) is 1.44. The van der Waals surface area contributed by atoms with E-state index in [9.17, 15) is 0 Å². The lowest BCUT2D eigenvalue weighted by Gasteiger charge is -2.08. The van der Waals surface area contributed by atoms with Gasteiger partial charge in [0.2, 0.25) is 0 Å². The Morgan fingerprint density at radius 3 is 2.87 bits per heavy atom. The standard InChI is InChI=1S/C12H10S3/c1-3-10(13-6-1)9-5-8-15-12(9)11-4-2-7-14-11/h1-3,5-8,11H,4H2. The molecule has 15 heavy (non-hydrogen) atoms. The van der Waals surface area contributed by atoms with Gasteiger partial charge in [0.1, 0.15) is 0 Å². The normalized spacial score (nSPS) is 19.9. The Bertz CT molecular complexity index is 457. The molecule has 76 valence electrons. The summed E-state index contributed by atoms with van der Waals surface area (Å²) in [5, 5.41) is 7.24. The van der Waals surface area contributed by atoms with Crippen LogP contribution < -0.4 is 0 Å². The number of allylic oxidation sites excluding steroid dienone is 1. The van der Waals surface area contributed by atoms with Gasteiger partial charge in [0, 0.05) is 20.6 Å². The molecule has 0 fully saturated rings. The van der Waals surface area contributed by atoms with Crippen LogP contribution in [0.4, 0.5) is 0 Å². The molecule has 2 aromatic heterocycles. The largest absolute Gasteiger partial charge is 0.147 e. The number of hydrogen-bond acceptors (Lipinski definition) is 3. The molecule has 1 aliphatic heterocycles. The topological polar surface area (TPSA) is 0 Å². The Kier molecular flexibility index (Phi) is 2.69. The van der Waals surface area contributed by atoms with Gasteiger partial charge in [-0.05, 0) is 34.7 Å². The molecule has 1 atom stereocenters. The first-order valence-electron chi connectivity index (χ1n) is 4.87. The van der Waals surface area contributed by atoms with Crippen molar-refractivity contribution in [3.63, 3.8) is 0 Å². The Morgan fingerprint density at radius 2 is 2.13 bits per heavy atom. The maximum atomic E-state index is 2.27. The molecule has 3 heterocycles. The predicted molar refractivity (Wildman–Crippen MR) is 71.7 cm³/mol. The van der Waals surface area contributed by atoms with Crippen LogP contribution in [0.1, 0.15) is 16.5 Å². The minimum absolute atomic E-state index is 0.655. The van der Waals surface area contributed by atoms with E-state index in [2.05, 4.69) is 40.4 Å². The molecule has 0 aromatic carbocycles. The van der Waals surface area contributed by atoms with Crippen LogP contribution in [0, 0.1) is 0 Å². The summed E-state index contributed by atoms with van der Waals surface area (Å²) < 4.78 is 0. The van der Waals surface area contributed by atoms with Gasteiger partial charge in [-0.1, -0.05) is 12.1 Å². The highest BCUT2D eigenvalue weighted by Crippen LogP contribution is 2.45. The van der Waals surface area contributed by atoms with E-state index in [0.29, 0.717) is 5.25 Å². The van der Waals surface area contributed by atoms with Crippen molar-refractivity contribution >= 4 is 34.4 Å². The van der Waals surface area contributed by atoms with Crippen molar-refractivity contribution in [2.24, 2.45) is 0 Å². The molecule has 0 saturated heterocycles. The second-order valence-electron chi connectivity index (χ2n) is 3.41. The van der Waals surface area contributed by atoms with E-state index < -0.39 is 0 Å². The van der Waals surface area contributed by atoms with Gasteiger partial charge >= 0.3 is 0 Å². The smallest absolute Gasteiger partial charge is 0.0473 e. The minimum Gasteiger partial charge on any atom is -0.147 e. The average molecular weight is 250 g/mol. The fourth-order valence-corrected chi connectivity index (χ4v) is 4.71. The summed E-state index contributed by atoms with van der Waals surface area (Å²) in [5.74, 6) is 0. The summed E-state index contributed by atoms with van der Waals surface area (Å²) >= 11 is 5.67. The molecule has 0 nitrogen and oxygen atoms in total. The Hall–Kier alpha value is -0.510. The molecule has 0 radical (unpaired) electrons. The Balaban J connectivity index is 1.99. The highest BCUT2D eigenvalue weighted by molar-refractivity contribution is 8.02. The van der Waals surface area contributed by atoms with Crippen LogP contribution in [0.3, 0.4) is 0 Å². The lowest BCUT2D eigenvalue weighted by Crippen LogP contribution is -1.86. The van der Waals surface area contributed by atoms with E-state index in [-0.39, 0.29) is 0 Å². The van der Waals surface area contributed by atoms with Crippen molar-refractivity contribution in [2.75, 3.05) is 0 Å². The molecule has 0 aliphatic carbocycles. The van der Waals surface area contributed by atoms with Crippen LogP contribution >= 0.6 is 34.4 Å². The SMILES string of the molecule is C1=CSC(c2sccc2-c2cccs2)C1. The van der Waals surface area contributed by atoms with Crippen LogP contribution in [0.25, 0.3) is 10.4 Å². The quantitative estimate of drug-likeness (QED) is 0.708. The van der Waals surface area contributed by atoms with Crippen molar-refractivity contribution in [3.05, 3.63) is 45.3 Å². The zero-order valence-electron chi connectivity index (χ0n) is 8.05. The number of rotatable bonds is 2. The Morgan fingerprint density at radius 1 is 1.13 bits per heavy atom. The molecular weight excluding hydrogens is 240 g/mol. The zero-order valence-corrected chi connectivity index (χ0v) is 10.5. The summed E-state index contributed by atoms with van der Waals surface area (Å²) in [7, 11) is 0. The van der Waals surface area contributed by atoms with Crippen LogP contribution in [-0.2, 0) is 0 Å². The second-order valence-corrected chi connectivity index (χ2v) is 6.42. The van der Waals surface area contributed by atoms with Gasteiger partial charge in [-0.3, -0.25) is 0 Å². The van der Waals surface area contributed by atoms with E-state index >= 15 is 0 Å². The maximum Gasteiger partial charge on any atom is 0.0473 e. The number of hydrogen-bond donors (Lipinski definition) is 0. The van der Waals surface area contributed by atoms with Crippen LogP contribution in [0.2, 0.25) is 0 Å². The van der Waals surface area contributed by atoms with Crippen molar-refractivity contribution < 1.29 is 0 Å². The highest BCUT2D eigenvalue weighted by atomic mass is 32.2. The minimum atomic E-state index is 0.655. The third kappa shape index (κ3) is 1.80. The molecule has 3 heteroatoms. The Labute approximate surface area is 102 Å². The predicted octanol–water partition coefficient (Wildman–Crippen LogP) is 5.17. The molecule has 1 unspecified atom stereocenters. The van der Waals surface area contributed by atoms with E-state index in [1.165, 1.54) is 21.7 Å². The highest BCUT2D eigenvalue weighted by Gasteiger charge is 2.19. The monoisotopic (exact) mass is 250 g/mol. The number of thioether (sulfide) groups is 1. The number of thiophene rings is 2. The molecule has 1 aliphatic rings. The molecule has 3 rings (SSSR count). The van der Waals surface area contributed by atoms with Crippen LogP contribution in [-0.4, -0.2) is 0 Å². The van der Waals surface area contributed by atoms with Gasteiger partial charge in [-0.2, -0.15) is 0 Å². The molecular formula is C12H10S3. The van der Waals surface area contributed by atoms with Crippen molar-refractivity contribution in [2.45, 2.75) is 11.7 Å². The average Bonchev–Trinajstić information content (AvgIpc) is 3.01. The third-order valence-electron chi connectivity index (χ3n) is 2.46. The van der Waals surface area contributed by atoms with Gasteiger partial charge in [0.05, 0.1) is 0 Å². The lowest BCUT2D eigenvalue weighted by atomic mass is 10.1. The van der Waals surface area contributed by atoms with E-state index in [0.717, 1.165) is 0 Å². The van der Waals surface area contributed by atoms with Gasteiger partial charge in [0.25, 0.3) is 0 Å². The maximum absolute atomic E-state index is 2.27. The van der Waals surface area contributed by atoms with Gasteiger partial charge in [-0.15, -0.1) is 34.4 Å². The second kappa shape index (κ2) is 4.16. The first kappa shape index (κ1) is 9.70. The molecule has 2 aromatic rings. The van der Waals surface area contributed by atoms with Gasteiger partial charge in [-0.25, -0.2) is 0 Å². The zero-order chi connectivity index (χ0) is 10.1. The first-order chi connectivity index (χ1) is 7.45. The van der Waals surface area contributed by atoms with E-state index in [1.807, 2.05) is 34.4 Å². The summed E-state index contributed by atoms with van der Waals surface area (Å²) in [6.45, 7) is 0.